The lowest BCUT2D eigenvalue weighted by Gasteiger charge is -1.89. The highest BCUT2D eigenvalue weighted by Crippen LogP contribution is 2.36. The van der Waals surface area contributed by atoms with Gasteiger partial charge in [-0.05, 0) is 24.3 Å². The highest BCUT2D eigenvalue weighted by Gasteiger charge is 2.09. The molecule has 0 saturated heterocycles. The SMILES string of the molecule is Oc1c(C=Nc2nc3ccccc3s2)sc2ccccc12. The van der Waals surface area contributed by atoms with E-state index in [4.69, 9.17) is 0 Å². The largest absolute Gasteiger partial charge is 0.506 e. The summed E-state index contributed by atoms with van der Waals surface area (Å²) >= 11 is 3.07. The molecule has 0 bridgehead atoms. The van der Waals surface area contributed by atoms with Crippen molar-refractivity contribution in [1.82, 2.24) is 4.98 Å². The van der Waals surface area contributed by atoms with E-state index in [0.29, 0.717) is 10.9 Å². The van der Waals surface area contributed by atoms with Gasteiger partial charge in [0.15, 0.2) is 0 Å². The number of fused-ring (bicyclic) bond motifs is 2. The van der Waals surface area contributed by atoms with E-state index in [1.54, 1.807) is 17.6 Å². The first-order valence-electron chi connectivity index (χ1n) is 6.41. The van der Waals surface area contributed by atoms with E-state index in [0.717, 1.165) is 25.2 Å². The number of para-hydroxylation sites is 1. The molecule has 5 heteroatoms. The number of thiophene rings is 1. The topological polar surface area (TPSA) is 45.5 Å². The first-order valence-corrected chi connectivity index (χ1v) is 8.05. The Morgan fingerprint density at radius 3 is 2.52 bits per heavy atom. The van der Waals surface area contributed by atoms with Crippen LogP contribution in [0.1, 0.15) is 4.88 Å². The molecule has 0 saturated carbocycles. The minimum Gasteiger partial charge on any atom is -0.506 e. The fraction of sp³-hybridized carbons (Fsp3) is 0. The Morgan fingerprint density at radius 1 is 0.952 bits per heavy atom. The molecule has 0 aliphatic rings. The van der Waals surface area contributed by atoms with Gasteiger partial charge in [0.05, 0.1) is 21.3 Å². The van der Waals surface area contributed by atoms with Gasteiger partial charge in [0.25, 0.3) is 0 Å². The van der Waals surface area contributed by atoms with E-state index in [2.05, 4.69) is 9.98 Å². The minimum atomic E-state index is 0.292. The lowest BCUT2D eigenvalue weighted by molar-refractivity contribution is 0.483. The van der Waals surface area contributed by atoms with Gasteiger partial charge in [0.2, 0.25) is 5.13 Å². The van der Waals surface area contributed by atoms with E-state index in [-0.39, 0.29) is 0 Å². The molecule has 4 aromatic rings. The summed E-state index contributed by atoms with van der Waals surface area (Å²) in [4.78, 5) is 9.62. The molecule has 102 valence electrons. The molecule has 0 unspecified atom stereocenters. The maximum atomic E-state index is 10.2. The van der Waals surface area contributed by atoms with Crippen molar-refractivity contribution in [2.75, 3.05) is 0 Å². The lowest BCUT2D eigenvalue weighted by atomic mass is 10.2. The van der Waals surface area contributed by atoms with E-state index >= 15 is 0 Å². The summed E-state index contributed by atoms with van der Waals surface area (Å²) in [5.41, 5.74) is 0.954. The third-order valence-corrected chi connectivity index (χ3v) is 5.21. The van der Waals surface area contributed by atoms with Crippen molar-refractivity contribution >= 4 is 54.3 Å². The molecule has 0 aliphatic heterocycles. The van der Waals surface area contributed by atoms with Gasteiger partial charge >= 0.3 is 0 Å². The number of rotatable bonds is 2. The second-order valence-corrected chi connectivity index (χ2v) is 6.63. The molecule has 2 aromatic carbocycles. The first kappa shape index (κ1) is 12.5. The van der Waals surface area contributed by atoms with Gasteiger partial charge in [0, 0.05) is 10.1 Å². The molecular weight excluding hydrogens is 300 g/mol. The summed E-state index contributed by atoms with van der Waals surface area (Å²) in [5.74, 6) is 0.292. The van der Waals surface area contributed by atoms with Crippen LogP contribution in [-0.4, -0.2) is 16.3 Å². The van der Waals surface area contributed by atoms with Crippen LogP contribution in [0.2, 0.25) is 0 Å². The number of nitrogens with zero attached hydrogens (tertiary/aromatic N) is 2. The smallest absolute Gasteiger partial charge is 0.210 e. The number of hydrogen-bond donors (Lipinski definition) is 1. The number of aliphatic imine (C=N–C) groups is 1. The molecule has 0 spiro atoms. The Bertz CT molecular complexity index is 936. The van der Waals surface area contributed by atoms with Gasteiger partial charge in [-0.2, -0.15) is 0 Å². The summed E-state index contributed by atoms with van der Waals surface area (Å²) < 4.78 is 2.17. The number of aromatic hydroxyl groups is 1. The van der Waals surface area contributed by atoms with Crippen molar-refractivity contribution in [1.29, 1.82) is 0 Å². The Labute approximate surface area is 128 Å². The molecule has 3 nitrogen and oxygen atoms in total. The van der Waals surface area contributed by atoms with Gasteiger partial charge in [-0.25, -0.2) is 9.98 Å². The van der Waals surface area contributed by atoms with E-state index < -0.39 is 0 Å². The van der Waals surface area contributed by atoms with Gasteiger partial charge in [-0.15, -0.1) is 11.3 Å². The van der Waals surface area contributed by atoms with Crippen LogP contribution >= 0.6 is 22.7 Å². The predicted octanol–water partition coefficient (Wildman–Crippen LogP) is 4.97. The lowest BCUT2D eigenvalue weighted by Crippen LogP contribution is -1.73. The minimum absolute atomic E-state index is 0.292. The molecule has 0 amide bonds. The van der Waals surface area contributed by atoms with E-state index in [1.165, 1.54) is 11.3 Å². The van der Waals surface area contributed by atoms with Crippen molar-refractivity contribution in [3.05, 3.63) is 53.4 Å². The van der Waals surface area contributed by atoms with Gasteiger partial charge in [-0.1, -0.05) is 35.6 Å². The van der Waals surface area contributed by atoms with Crippen molar-refractivity contribution in [2.45, 2.75) is 0 Å². The van der Waals surface area contributed by atoms with Crippen molar-refractivity contribution in [3.63, 3.8) is 0 Å². The van der Waals surface area contributed by atoms with Crippen LogP contribution in [0, 0.1) is 0 Å². The summed E-state index contributed by atoms with van der Waals surface area (Å²) in [6.07, 6.45) is 1.69. The van der Waals surface area contributed by atoms with Crippen molar-refractivity contribution in [3.8, 4) is 5.75 Å². The molecule has 0 atom stereocenters. The monoisotopic (exact) mass is 310 g/mol. The summed E-state index contributed by atoms with van der Waals surface area (Å²) in [6.45, 7) is 0. The third kappa shape index (κ3) is 2.20. The second-order valence-electron chi connectivity index (χ2n) is 4.53. The molecule has 0 fully saturated rings. The number of thiazole rings is 1. The Balaban J connectivity index is 1.74. The molecule has 0 radical (unpaired) electrons. The van der Waals surface area contributed by atoms with Gasteiger partial charge < -0.3 is 5.11 Å². The van der Waals surface area contributed by atoms with E-state index in [9.17, 15) is 5.11 Å². The van der Waals surface area contributed by atoms with Crippen LogP contribution in [0.5, 0.6) is 5.75 Å². The molecule has 2 aromatic heterocycles. The van der Waals surface area contributed by atoms with Crippen LogP contribution in [0.15, 0.2) is 53.5 Å². The highest BCUT2D eigenvalue weighted by atomic mass is 32.1. The van der Waals surface area contributed by atoms with Crippen LogP contribution in [0.3, 0.4) is 0 Å². The maximum Gasteiger partial charge on any atom is 0.210 e. The molecular formula is C16H10N2OS2. The van der Waals surface area contributed by atoms with Crippen LogP contribution in [-0.2, 0) is 0 Å². The Hall–Kier alpha value is -2.24. The predicted molar refractivity (Wildman–Crippen MR) is 90.4 cm³/mol. The zero-order valence-electron chi connectivity index (χ0n) is 10.9. The van der Waals surface area contributed by atoms with Crippen LogP contribution < -0.4 is 0 Å². The highest BCUT2D eigenvalue weighted by molar-refractivity contribution is 7.22. The Kier molecular flexibility index (Phi) is 2.94. The van der Waals surface area contributed by atoms with Crippen molar-refractivity contribution < 1.29 is 5.11 Å². The molecule has 2 heterocycles. The normalized spacial score (nSPS) is 11.8. The molecule has 0 aliphatic carbocycles. The van der Waals surface area contributed by atoms with Gasteiger partial charge in [-0.3, -0.25) is 0 Å². The summed E-state index contributed by atoms with van der Waals surface area (Å²) in [5, 5.41) is 11.8. The van der Waals surface area contributed by atoms with Gasteiger partial charge in [0.1, 0.15) is 5.75 Å². The summed E-state index contributed by atoms with van der Waals surface area (Å²) in [7, 11) is 0. The number of hydrogen-bond acceptors (Lipinski definition) is 5. The van der Waals surface area contributed by atoms with Crippen molar-refractivity contribution in [2.24, 2.45) is 4.99 Å². The third-order valence-electron chi connectivity index (χ3n) is 3.17. The second kappa shape index (κ2) is 4.95. The summed E-state index contributed by atoms with van der Waals surface area (Å²) in [6, 6.07) is 15.8. The fourth-order valence-electron chi connectivity index (χ4n) is 2.17. The Morgan fingerprint density at radius 2 is 1.71 bits per heavy atom. The quantitative estimate of drug-likeness (QED) is 0.531. The average molecular weight is 310 g/mol. The van der Waals surface area contributed by atoms with Crippen LogP contribution in [0.25, 0.3) is 20.3 Å². The standard InChI is InChI=1S/C16H10N2OS2/c19-15-10-5-1-3-7-12(10)20-14(15)9-17-16-18-11-6-2-4-8-13(11)21-16/h1-9,19H. The average Bonchev–Trinajstić information content (AvgIpc) is 3.07. The molecule has 1 N–H and O–H groups in total. The molecule has 4 rings (SSSR count). The maximum absolute atomic E-state index is 10.2. The van der Waals surface area contributed by atoms with E-state index in [1.807, 2.05) is 48.5 Å². The first-order chi connectivity index (χ1) is 10.3. The number of aromatic nitrogens is 1. The number of benzene rings is 2. The molecule has 21 heavy (non-hydrogen) atoms. The van der Waals surface area contributed by atoms with Crippen LogP contribution in [0.4, 0.5) is 5.13 Å². The zero-order chi connectivity index (χ0) is 14.2. The fourth-order valence-corrected chi connectivity index (χ4v) is 3.95. The zero-order valence-corrected chi connectivity index (χ0v) is 12.5.